The van der Waals surface area contributed by atoms with Crippen LogP contribution in [0.3, 0.4) is 0 Å². The maximum Gasteiger partial charge on any atom is 0.239 e. The Morgan fingerprint density at radius 2 is 1.73 bits per heavy atom. The van der Waals surface area contributed by atoms with E-state index in [4.69, 9.17) is 0 Å². The summed E-state index contributed by atoms with van der Waals surface area (Å²) in [4.78, 5) is 34.8. The highest BCUT2D eigenvalue weighted by atomic mass is 16.3. The zero-order valence-electron chi connectivity index (χ0n) is 18.6. The van der Waals surface area contributed by atoms with Crippen molar-refractivity contribution < 1.29 is 14.7 Å². The van der Waals surface area contributed by atoms with E-state index in [9.17, 15) is 14.7 Å². The molecule has 4 aliphatic heterocycles. The lowest BCUT2D eigenvalue weighted by Crippen LogP contribution is -2.54. The van der Waals surface area contributed by atoms with Crippen LogP contribution in [0.15, 0.2) is 0 Å². The molecule has 0 aliphatic carbocycles. The Balaban J connectivity index is 1.34. The smallest absolute Gasteiger partial charge is 0.239 e. The number of likely N-dealkylation sites (tertiary alicyclic amines) is 3. The van der Waals surface area contributed by atoms with E-state index in [0.29, 0.717) is 44.9 Å². The van der Waals surface area contributed by atoms with Gasteiger partial charge in [-0.2, -0.15) is 0 Å². The van der Waals surface area contributed by atoms with Gasteiger partial charge in [0.2, 0.25) is 11.8 Å². The Bertz CT molecular complexity index is 616. The standard InChI is InChI=1S/C22H39N5O3/c1-24-10-5-16(6-11-24)27-14-9-19-21(27)22(30)23-15-17(25(19)2)3-4-20(29)26-12-7-18(28)8-13-26/h16-19,21,28H,3-15H2,1-2H3,(H,23,30). The fourth-order valence-corrected chi connectivity index (χ4v) is 5.89. The molecule has 4 rings (SSSR count). The minimum Gasteiger partial charge on any atom is -0.393 e. The molecular weight excluding hydrogens is 382 g/mol. The first-order valence-corrected chi connectivity index (χ1v) is 11.8. The maximum absolute atomic E-state index is 13.0. The molecule has 0 radical (unpaired) electrons. The lowest BCUT2D eigenvalue weighted by atomic mass is 10.0. The molecule has 170 valence electrons. The van der Waals surface area contributed by atoms with Gasteiger partial charge in [0, 0.05) is 50.7 Å². The molecule has 0 bridgehead atoms. The van der Waals surface area contributed by atoms with Crippen LogP contribution in [-0.2, 0) is 9.59 Å². The third-order valence-electron chi connectivity index (χ3n) is 7.95. The van der Waals surface area contributed by atoms with Crippen LogP contribution in [0.1, 0.15) is 44.9 Å². The molecule has 0 saturated carbocycles. The number of nitrogens with one attached hydrogen (secondary N) is 1. The van der Waals surface area contributed by atoms with Crippen molar-refractivity contribution in [2.24, 2.45) is 0 Å². The monoisotopic (exact) mass is 421 g/mol. The summed E-state index contributed by atoms with van der Waals surface area (Å²) < 4.78 is 0. The normalized spacial score (nSPS) is 33.4. The number of carbonyl (C=O) groups excluding carboxylic acids is 2. The minimum atomic E-state index is -0.260. The van der Waals surface area contributed by atoms with Gasteiger partial charge < -0.3 is 20.2 Å². The summed E-state index contributed by atoms with van der Waals surface area (Å²) in [7, 11) is 4.32. The van der Waals surface area contributed by atoms with Gasteiger partial charge in [-0.15, -0.1) is 0 Å². The van der Waals surface area contributed by atoms with E-state index in [1.54, 1.807) is 0 Å². The number of likely N-dealkylation sites (N-methyl/N-ethyl adjacent to an activating group) is 1. The molecule has 8 nitrogen and oxygen atoms in total. The van der Waals surface area contributed by atoms with Crippen molar-refractivity contribution in [1.29, 1.82) is 0 Å². The number of fused-ring (bicyclic) bond motifs is 1. The van der Waals surface area contributed by atoms with Gasteiger partial charge >= 0.3 is 0 Å². The first-order valence-electron chi connectivity index (χ1n) is 11.8. The van der Waals surface area contributed by atoms with E-state index < -0.39 is 0 Å². The molecule has 2 N–H and O–H groups in total. The second-order valence-electron chi connectivity index (χ2n) is 9.79. The Kier molecular flexibility index (Phi) is 6.97. The number of piperidine rings is 2. The third kappa shape index (κ3) is 4.66. The third-order valence-corrected chi connectivity index (χ3v) is 7.95. The van der Waals surface area contributed by atoms with Gasteiger partial charge in [-0.1, -0.05) is 0 Å². The quantitative estimate of drug-likeness (QED) is 0.650. The van der Waals surface area contributed by atoms with E-state index >= 15 is 0 Å². The van der Waals surface area contributed by atoms with E-state index in [2.05, 4.69) is 34.1 Å². The second-order valence-corrected chi connectivity index (χ2v) is 9.79. The zero-order valence-corrected chi connectivity index (χ0v) is 18.6. The predicted octanol–water partition coefficient (Wildman–Crippen LogP) is -0.283. The SMILES string of the molecule is CN1CCC(N2CCC3C2C(=O)NCC(CCC(=O)N2CCC(O)CC2)N3C)CC1. The number of hydrogen-bond acceptors (Lipinski definition) is 6. The fourth-order valence-electron chi connectivity index (χ4n) is 5.89. The molecular formula is C22H39N5O3. The van der Waals surface area contributed by atoms with E-state index in [1.165, 1.54) is 0 Å². The summed E-state index contributed by atoms with van der Waals surface area (Å²) in [6, 6.07) is 0.869. The first kappa shape index (κ1) is 22.0. The van der Waals surface area contributed by atoms with Crippen molar-refractivity contribution in [3.05, 3.63) is 0 Å². The number of amides is 2. The summed E-state index contributed by atoms with van der Waals surface area (Å²) in [5.41, 5.74) is 0. The van der Waals surface area contributed by atoms with Gasteiger partial charge in [0.25, 0.3) is 0 Å². The van der Waals surface area contributed by atoms with Crippen molar-refractivity contribution in [1.82, 2.24) is 24.9 Å². The molecule has 0 aromatic carbocycles. The molecule has 3 unspecified atom stereocenters. The van der Waals surface area contributed by atoms with Gasteiger partial charge in [-0.05, 0) is 65.7 Å². The molecule has 4 saturated heterocycles. The minimum absolute atomic E-state index is 0.0623. The van der Waals surface area contributed by atoms with Crippen LogP contribution in [0.4, 0.5) is 0 Å². The van der Waals surface area contributed by atoms with Gasteiger partial charge in [-0.3, -0.25) is 19.4 Å². The van der Waals surface area contributed by atoms with Crippen LogP contribution >= 0.6 is 0 Å². The molecule has 4 heterocycles. The van der Waals surface area contributed by atoms with Gasteiger partial charge in [-0.25, -0.2) is 0 Å². The van der Waals surface area contributed by atoms with Crippen LogP contribution in [0.25, 0.3) is 0 Å². The zero-order chi connectivity index (χ0) is 21.3. The molecule has 3 atom stereocenters. The molecule has 8 heteroatoms. The van der Waals surface area contributed by atoms with Crippen LogP contribution in [0.5, 0.6) is 0 Å². The molecule has 2 amide bonds. The van der Waals surface area contributed by atoms with Crippen molar-refractivity contribution in [3.8, 4) is 0 Å². The number of hydrogen-bond donors (Lipinski definition) is 2. The average molecular weight is 422 g/mol. The van der Waals surface area contributed by atoms with Crippen molar-refractivity contribution in [2.75, 3.05) is 53.4 Å². The second kappa shape index (κ2) is 9.51. The fraction of sp³-hybridized carbons (Fsp3) is 0.909. The highest BCUT2D eigenvalue weighted by molar-refractivity contribution is 5.83. The molecule has 4 aliphatic rings. The van der Waals surface area contributed by atoms with Crippen LogP contribution < -0.4 is 5.32 Å². The number of aliphatic hydroxyl groups is 1. The van der Waals surface area contributed by atoms with Crippen molar-refractivity contribution in [2.45, 2.75) is 75.2 Å². The summed E-state index contributed by atoms with van der Waals surface area (Å²) in [5, 5.41) is 12.9. The Hall–Kier alpha value is -1.22. The number of aliphatic hydroxyl groups excluding tert-OH is 1. The number of nitrogens with zero attached hydrogens (tertiary/aromatic N) is 4. The molecule has 4 fully saturated rings. The predicted molar refractivity (Wildman–Crippen MR) is 115 cm³/mol. The summed E-state index contributed by atoms with van der Waals surface area (Å²) >= 11 is 0. The van der Waals surface area contributed by atoms with Crippen molar-refractivity contribution >= 4 is 11.8 Å². The lowest BCUT2D eigenvalue weighted by Gasteiger charge is -2.39. The highest BCUT2D eigenvalue weighted by Gasteiger charge is 2.47. The van der Waals surface area contributed by atoms with Crippen LogP contribution in [-0.4, -0.2) is 120 Å². The number of rotatable bonds is 4. The van der Waals surface area contributed by atoms with E-state index in [0.717, 1.165) is 45.3 Å². The lowest BCUT2D eigenvalue weighted by molar-refractivity contribution is -0.133. The van der Waals surface area contributed by atoms with Gasteiger partial charge in [0.1, 0.15) is 6.04 Å². The molecule has 0 aromatic rings. The Labute approximate surface area is 180 Å². The van der Waals surface area contributed by atoms with Crippen molar-refractivity contribution in [3.63, 3.8) is 0 Å². The molecule has 30 heavy (non-hydrogen) atoms. The summed E-state index contributed by atoms with van der Waals surface area (Å²) in [5.74, 6) is 0.351. The summed E-state index contributed by atoms with van der Waals surface area (Å²) in [6.45, 7) is 5.14. The van der Waals surface area contributed by atoms with E-state index in [1.807, 2.05) is 4.90 Å². The van der Waals surface area contributed by atoms with E-state index in [-0.39, 0.29) is 36.0 Å². The van der Waals surface area contributed by atoms with Gasteiger partial charge in [0.05, 0.1) is 6.10 Å². The molecule has 0 aromatic heterocycles. The Morgan fingerprint density at radius 1 is 1.03 bits per heavy atom. The topological polar surface area (TPSA) is 79.4 Å². The maximum atomic E-state index is 13.0. The van der Waals surface area contributed by atoms with Crippen LogP contribution in [0.2, 0.25) is 0 Å². The molecule has 0 spiro atoms. The largest absolute Gasteiger partial charge is 0.393 e. The van der Waals surface area contributed by atoms with Gasteiger partial charge in [0.15, 0.2) is 0 Å². The first-order chi connectivity index (χ1) is 14.4. The number of carbonyl (C=O) groups is 2. The highest BCUT2D eigenvalue weighted by Crippen LogP contribution is 2.31. The summed E-state index contributed by atoms with van der Waals surface area (Å²) in [6.07, 6.45) is 5.68. The average Bonchev–Trinajstić information content (AvgIpc) is 3.14. The Morgan fingerprint density at radius 3 is 2.43 bits per heavy atom. The van der Waals surface area contributed by atoms with Crippen LogP contribution in [0, 0.1) is 0 Å².